The Bertz CT molecular complexity index is 1440. The Labute approximate surface area is 264 Å². The van der Waals surface area contributed by atoms with Gasteiger partial charge in [0.15, 0.2) is 0 Å². The summed E-state index contributed by atoms with van der Waals surface area (Å²) in [7, 11) is 0. The fraction of sp³-hybridized carbons (Fsp3) is 0.526. The molecule has 3 aliphatic heterocycles. The number of aliphatic imine (C=N–C) groups is 1. The molecule has 0 aromatic heterocycles. The Morgan fingerprint density at radius 3 is 2.27 bits per heavy atom. The van der Waals surface area contributed by atoms with Gasteiger partial charge in [0.2, 0.25) is 0 Å². The molecule has 1 amide bonds. The molecule has 6 heteroatoms. The van der Waals surface area contributed by atoms with Gasteiger partial charge in [0.05, 0.1) is 23.9 Å². The van der Waals surface area contributed by atoms with E-state index in [1.54, 1.807) is 0 Å². The fourth-order valence-corrected chi connectivity index (χ4v) is 7.05. The van der Waals surface area contributed by atoms with E-state index in [1.807, 2.05) is 17.2 Å². The molecule has 6 rings (SSSR count). The summed E-state index contributed by atoms with van der Waals surface area (Å²) in [5, 5.41) is 2.16. The van der Waals surface area contributed by atoms with Crippen LogP contribution in [0.5, 0.6) is 5.75 Å². The number of carbonyl (C=O) groups excluding carboxylic acids is 1. The lowest BCUT2D eigenvalue weighted by atomic mass is 10.0. The highest BCUT2D eigenvalue weighted by atomic mass is 16.5. The van der Waals surface area contributed by atoms with Crippen LogP contribution in [-0.4, -0.2) is 73.8 Å². The van der Waals surface area contributed by atoms with E-state index in [4.69, 9.17) is 9.73 Å². The average molecular weight is 595 g/mol. The first-order chi connectivity index (χ1) is 21.5. The second-order valence-corrected chi connectivity index (χ2v) is 13.2. The number of piperazine rings is 1. The Balaban J connectivity index is 0.841. The molecule has 0 unspecified atom stereocenters. The lowest BCUT2D eigenvalue weighted by Gasteiger charge is -2.36. The van der Waals surface area contributed by atoms with E-state index in [-0.39, 0.29) is 11.9 Å². The Morgan fingerprint density at radius 1 is 0.795 bits per heavy atom. The average Bonchev–Trinajstić information content (AvgIpc) is 3.47. The highest BCUT2D eigenvalue weighted by Gasteiger charge is 2.31. The Morgan fingerprint density at radius 2 is 1.50 bits per heavy atom. The predicted molar refractivity (Wildman–Crippen MR) is 183 cm³/mol. The van der Waals surface area contributed by atoms with Crippen molar-refractivity contribution in [3.63, 3.8) is 0 Å². The second-order valence-electron chi connectivity index (χ2n) is 13.2. The molecular weight excluding hydrogens is 544 g/mol. The molecule has 3 aromatic carbocycles. The van der Waals surface area contributed by atoms with Gasteiger partial charge >= 0.3 is 0 Å². The molecule has 2 fully saturated rings. The number of carbonyl (C=O) groups is 1. The molecule has 234 valence electrons. The van der Waals surface area contributed by atoms with E-state index in [2.05, 4.69) is 66.1 Å². The number of aryl methyl sites for hydroxylation is 2. The summed E-state index contributed by atoms with van der Waals surface area (Å²) in [6.45, 7) is 11.7. The van der Waals surface area contributed by atoms with E-state index in [0.717, 1.165) is 78.8 Å². The van der Waals surface area contributed by atoms with Gasteiger partial charge in [0.25, 0.3) is 5.91 Å². The SMILES string of the molecule is Cc1ccc(N2CCN(CCCCCCCCCCOc3cc4cc5c(cc4cc3C)C(=O)N3CCC[C@H]3C=N5)CC2)cc1. The molecule has 44 heavy (non-hydrogen) atoms. The summed E-state index contributed by atoms with van der Waals surface area (Å²) in [6, 6.07) is 17.5. The molecule has 3 aromatic rings. The Kier molecular flexibility index (Phi) is 10.2. The normalized spacial score (nSPS) is 18.5. The topological polar surface area (TPSA) is 48.4 Å². The molecular formula is C38H50N4O2. The summed E-state index contributed by atoms with van der Waals surface area (Å²) < 4.78 is 6.23. The molecule has 6 nitrogen and oxygen atoms in total. The van der Waals surface area contributed by atoms with Crippen LogP contribution in [0, 0.1) is 13.8 Å². The highest BCUT2D eigenvalue weighted by Crippen LogP contribution is 2.35. The minimum atomic E-state index is 0.114. The molecule has 0 spiro atoms. The summed E-state index contributed by atoms with van der Waals surface area (Å²) in [5.74, 6) is 1.06. The van der Waals surface area contributed by atoms with Crippen molar-refractivity contribution in [2.45, 2.75) is 84.1 Å². The smallest absolute Gasteiger partial charge is 0.256 e. The van der Waals surface area contributed by atoms with Crippen molar-refractivity contribution >= 4 is 34.3 Å². The number of nitrogens with zero attached hydrogens (tertiary/aromatic N) is 4. The van der Waals surface area contributed by atoms with Gasteiger partial charge in [-0.2, -0.15) is 0 Å². The number of amides is 1. The lowest BCUT2D eigenvalue weighted by molar-refractivity contribution is 0.0775. The zero-order valence-corrected chi connectivity index (χ0v) is 26.9. The van der Waals surface area contributed by atoms with Crippen molar-refractivity contribution < 1.29 is 9.53 Å². The largest absolute Gasteiger partial charge is 0.493 e. The predicted octanol–water partition coefficient (Wildman–Crippen LogP) is 8.10. The standard InChI is InChI=1S/C38H50N4O2/c1-29-13-15-33(16-14-29)41-21-19-40(20-22-41)17-9-7-5-3-4-6-8-10-23-44-37-27-32-26-36-35(25-31(32)24-30(37)2)38(43)42-18-11-12-34(42)28-39-36/h13-16,24-28,34H,3-12,17-23H2,1-2H3/t34-/m0/s1. The molecule has 0 N–H and O–H groups in total. The maximum atomic E-state index is 13.2. The van der Waals surface area contributed by atoms with Crippen LogP contribution in [0.25, 0.3) is 10.8 Å². The van der Waals surface area contributed by atoms with Crippen LogP contribution in [0.4, 0.5) is 11.4 Å². The third kappa shape index (κ3) is 7.46. The molecule has 0 radical (unpaired) electrons. The van der Waals surface area contributed by atoms with Crippen molar-refractivity contribution in [2.75, 3.05) is 50.8 Å². The first kappa shape index (κ1) is 30.6. The number of hydrogen-bond acceptors (Lipinski definition) is 5. The molecule has 0 saturated carbocycles. The summed E-state index contributed by atoms with van der Waals surface area (Å²) >= 11 is 0. The van der Waals surface area contributed by atoms with Crippen LogP contribution in [0.2, 0.25) is 0 Å². The number of benzene rings is 3. The summed E-state index contributed by atoms with van der Waals surface area (Å²) in [4.78, 5) is 25.0. The van der Waals surface area contributed by atoms with Gasteiger partial charge < -0.3 is 14.5 Å². The van der Waals surface area contributed by atoms with Gasteiger partial charge in [-0.05, 0) is 98.8 Å². The van der Waals surface area contributed by atoms with E-state index in [9.17, 15) is 4.79 Å². The van der Waals surface area contributed by atoms with Crippen LogP contribution in [-0.2, 0) is 0 Å². The van der Waals surface area contributed by atoms with Crippen molar-refractivity contribution in [2.24, 2.45) is 4.99 Å². The minimum Gasteiger partial charge on any atom is -0.493 e. The van der Waals surface area contributed by atoms with Gasteiger partial charge in [0.1, 0.15) is 5.75 Å². The molecule has 3 aliphatic rings. The molecule has 3 heterocycles. The monoisotopic (exact) mass is 594 g/mol. The summed E-state index contributed by atoms with van der Waals surface area (Å²) in [5.41, 5.74) is 5.32. The fourth-order valence-electron chi connectivity index (χ4n) is 7.05. The van der Waals surface area contributed by atoms with Gasteiger partial charge in [-0.15, -0.1) is 0 Å². The van der Waals surface area contributed by atoms with Crippen LogP contribution >= 0.6 is 0 Å². The second kappa shape index (κ2) is 14.6. The zero-order chi connectivity index (χ0) is 30.3. The third-order valence-electron chi connectivity index (χ3n) is 9.82. The highest BCUT2D eigenvalue weighted by molar-refractivity contribution is 6.06. The number of anilines is 1. The lowest BCUT2D eigenvalue weighted by Crippen LogP contribution is -2.46. The number of rotatable bonds is 13. The first-order valence-corrected chi connectivity index (χ1v) is 17.2. The summed E-state index contributed by atoms with van der Waals surface area (Å²) in [6.07, 6.45) is 14.3. The molecule has 0 bridgehead atoms. The maximum absolute atomic E-state index is 13.2. The van der Waals surface area contributed by atoms with Crippen LogP contribution in [0.15, 0.2) is 53.5 Å². The number of hydrogen-bond donors (Lipinski definition) is 0. The van der Waals surface area contributed by atoms with Crippen molar-refractivity contribution in [3.05, 3.63) is 65.2 Å². The minimum absolute atomic E-state index is 0.114. The van der Waals surface area contributed by atoms with Crippen molar-refractivity contribution in [1.29, 1.82) is 0 Å². The van der Waals surface area contributed by atoms with E-state index >= 15 is 0 Å². The third-order valence-corrected chi connectivity index (χ3v) is 9.82. The van der Waals surface area contributed by atoms with Crippen LogP contribution in [0.3, 0.4) is 0 Å². The number of ether oxygens (including phenoxy) is 1. The number of unbranched alkanes of at least 4 members (excludes halogenated alkanes) is 7. The van der Waals surface area contributed by atoms with Gasteiger partial charge in [-0.3, -0.25) is 14.7 Å². The van der Waals surface area contributed by atoms with Gasteiger partial charge in [-0.25, -0.2) is 0 Å². The van der Waals surface area contributed by atoms with Crippen LogP contribution in [0.1, 0.15) is 85.7 Å². The number of fused-ring (bicyclic) bond motifs is 3. The van der Waals surface area contributed by atoms with Crippen LogP contribution < -0.4 is 9.64 Å². The Hall–Kier alpha value is -3.38. The first-order valence-electron chi connectivity index (χ1n) is 17.2. The van der Waals surface area contributed by atoms with E-state index < -0.39 is 0 Å². The van der Waals surface area contributed by atoms with Gasteiger partial charge in [-0.1, -0.05) is 56.2 Å². The van der Waals surface area contributed by atoms with E-state index in [0.29, 0.717) is 0 Å². The molecule has 0 aliphatic carbocycles. The quantitative estimate of drug-likeness (QED) is 0.188. The van der Waals surface area contributed by atoms with E-state index in [1.165, 1.54) is 75.8 Å². The van der Waals surface area contributed by atoms with Crippen molar-refractivity contribution in [3.8, 4) is 5.75 Å². The molecule has 1 atom stereocenters. The molecule has 2 saturated heterocycles. The zero-order valence-electron chi connectivity index (χ0n) is 26.9. The van der Waals surface area contributed by atoms with Gasteiger partial charge in [0, 0.05) is 44.6 Å². The van der Waals surface area contributed by atoms with Crippen molar-refractivity contribution in [1.82, 2.24) is 9.80 Å². The maximum Gasteiger partial charge on any atom is 0.256 e.